The first-order valence-electron chi connectivity index (χ1n) is 7.16. The van der Waals surface area contributed by atoms with E-state index in [-0.39, 0.29) is 10.6 Å². The number of hydrogen-bond acceptors (Lipinski definition) is 4. The molecule has 0 amide bonds. The van der Waals surface area contributed by atoms with Crippen molar-refractivity contribution in [3.05, 3.63) is 57.9 Å². The zero-order chi connectivity index (χ0) is 17.3. The van der Waals surface area contributed by atoms with E-state index >= 15 is 0 Å². The van der Waals surface area contributed by atoms with Gasteiger partial charge in [0.15, 0.2) is 15.4 Å². The number of benzene rings is 2. The summed E-state index contributed by atoms with van der Waals surface area (Å²) in [4.78, 5) is 4.52. The fraction of sp³-hybridized carbons (Fsp3) is 0.118. The van der Waals surface area contributed by atoms with Crippen molar-refractivity contribution in [1.82, 2.24) is 4.98 Å². The number of fused-ring (bicyclic) bond motifs is 1. The van der Waals surface area contributed by atoms with Gasteiger partial charge in [-0.2, -0.15) is 0 Å². The Labute approximate surface area is 149 Å². The minimum Gasteiger partial charge on any atom is -0.437 e. The summed E-state index contributed by atoms with van der Waals surface area (Å²) in [5, 5.41) is 1.04. The molecule has 0 unspecified atom stereocenters. The highest BCUT2D eigenvalue weighted by Crippen LogP contribution is 2.27. The first-order valence-corrected chi connectivity index (χ1v) is 9.57. The molecule has 2 aromatic carbocycles. The van der Waals surface area contributed by atoms with E-state index in [4.69, 9.17) is 27.6 Å². The Hall–Kier alpha value is -1.82. The van der Waals surface area contributed by atoms with E-state index in [0.717, 1.165) is 0 Å². The van der Waals surface area contributed by atoms with Gasteiger partial charge >= 0.3 is 0 Å². The van der Waals surface area contributed by atoms with E-state index in [1.807, 2.05) is 0 Å². The van der Waals surface area contributed by atoms with Crippen molar-refractivity contribution in [2.75, 3.05) is 5.75 Å². The predicted molar refractivity (Wildman–Crippen MR) is 97.1 cm³/mol. The molecule has 0 fully saturated rings. The third-order valence-corrected chi connectivity index (χ3v) is 5.90. The number of rotatable bonds is 4. The van der Waals surface area contributed by atoms with Gasteiger partial charge in [-0.1, -0.05) is 36.2 Å². The van der Waals surface area contributed by atoms with Crippen LogP contribution in [-0.2, 0) is 9.84 Å². The summed E-state index contributed by atoms with van der Waals surface area (Å²) in [6.45, 7) is 1.60. The van der Waals surface area contributed by atoms with E-state index in [1.54, 1.807) is 43.3 Å². The van der Waals surface area contributed by atoms with E-state index in [9.17, 15) is 8.42 Å². The van der Waals surface area contributed by atoms with Crippen LogP contribution in [0.25, 0.3) is 23.3 Å². The first-order chi connectivity index (χ1) is 11.4. The Balaban J connectivity index is 1.98. The Morgan fingerprint density at radius 1 is 1.12 bits per heavy atom. The van der Waals surface area contributed by atoms with Gasteiger partial charge in [-0.25, -0.2) is 13.4 Å². The highest BCUT2D eigenvalue weighted by Gasteiger charge is 2.14. The first kappa shape index (κ1) is 17.0. The van der Waals surface area contributed by atoms with Gasteiger partial charge in [-0.05, 0) is 36.4 Å². The molecule has 4 nitrogen and oxygen atoms in total. The summed E-state index contributed by atoms with van der Waals surface area (Å²) in [5.41, 5.74) is 1.65. The maximum atomic E-state index is 11.9. The van der Waals surface area contributed by atoms with Gasteiger partial charge < -0.3 is 4.42 Å². The van der Waals surface area contributed by atoms with Crippen molar-refractivity contribution in [1.29, 1.82) is 0 Å². The molecule has 0 radical (unpaired) electrons. The summed E-state index contributed by atoms with van der Waals surface area (Å²) >= 11 is 12.2. The molecular formula is C17H13Cl2NO3S. The third kappa shape index (κ3) is 3.34. The minimum absolute atomic E-state index is 0.0358. The third-order valence-electron chi connectivity index (χ3n) is 3.51. The van der Waals surface area contributed by atoms with Crippen molar-refractivity contribution < 1.29 is 12.8 Å². The normalized spacial score (nSPS) is 12.3. The molecule has 0 atom stereocenters. The molecular weight excluding hydrogens is 369 g/mol. The van der Waals surface area contributed by atoms with Crippen LogP contribution in [0, 0.1) is 0 Å². The van der Waals surface area contributed by atoms with Crippen LogP contribution in [0.15, 0.2) is 45.7 Å². The molecule has 0 aliphatic rings. The van der Waals surface area contributed by atoms with Crippen LogP contribution in [0.5, 0.6) is 0 Å². The van der Waals surface area contributed by atoms with Crippen molar-refractivity contribution in [3.8, 4) is 0 Å². The molecule has 0 saturated carbocycles. The van der Waals surface area contributed by atoms with E-state index < -0.39 is 9.84 Å². The van der Waals surface area contributed by atoms with Crippen LogP contribution in [0.4, 0.5) is 0 Å². The Bertz CT molecular complexity index is 1020. The molecule has 3 aromatic rings. The standard InChI is InChI=1S/C17H13Cl2NO3S/c1-2-24(21,22)11-6-8-16-15(10-11)20-17(23-16)9-7-12-13(18)4-3-5-14(12)19/h3-10H,2H2,1H3/b9-7+. The number of aromatic nitrogens is 1. The van der Waals surface area contributed by atoms with Crippen LogP contribution >= 0.6 is 23.2 Å². The lowest BCUT2D eigenvalue weighted by Gasteiger charge is -1.99. The van der Waals surface area contributed by atoms with Crippen LogP contribution in [0.1, 0.15) is 18.4 Å². The summed E-state index contributed by atoms with van der Waals surface area (Å²) in [5.74, 6) is 0.376. The monoisotopic (exact) mass is 381 g/mol. The minimum atomic E-state index is -3.28. The van der Waals surface area contributed by atoms with Crippen LogP contribution in [0.2, 0.25) is 10.0 Å². The molecule has 3 rings (SSSR count). The lowest BCUT2D eigenvalue weighted by atomic mass is 10.2. The SMILES string of the molecule is CCS(=O)(=O)c1ccc2oc(/C=C/c3c(Cl)cccc3Cl)nc2c1. The van der Waals surface area contributed by atoms with Crippen molar-refractivity contribution in [2.45, 2.75) is 11.8 Å². The molecule has 24 heavy (non-hydrogen) atoms. The van der Waals surface area contributed by atoms with E-state index in [1.165, 1.54) is 12.1 Å². The highest BCUT2D eigenvalue weighted by molar-refractivity contribution is 7.91. The Morgan fingerprint density at radius 2 is 1.83 bits per heavy atom. The van der Waals surface area contributed by atoms with Crippen molar-refractivity contribution in [2.24, 2.45) is 0 Å². The average molecular weight is 382 g/mol. The van der Waals surface area contributed by atoms with E-state index in [2.05, 4.69) is 4.98 Å². The Morgan fingerprint density at radius 3 is 2.50 bits per heavy atom. The zero-order valence-corrected chi connectivity index (χ0v) is 15.0. The molecule has 7 heteroatoms. The molecule has 1 aromatic heterocycles. The molecule has 124 valence electrons. The van der Waals surface area contributed by atoms with Crippen LogP contribution < -0.4 is 0 Å². The smallest absolute Gasteiger partial charge is 0.220 e. The largest absolute Gasteiger partial charge is 0.437 e. The van der Waals surface area contributed by atoms with Gasteiger partial charge in [-0.15, -0.1) is 0 Å². The van der Waals surface area contributed by atoms with Gasteiger partial charge in [-0.3, -0.25) is 0 Å². The van der Waals surface area contributed by atoms with Crippen LogP contribution in [0.3, 0.4) is 0 Å². The number of nitrogens with zero attached hydrogens (tertiary/aromatic N) is 1. The summed E-state index contributed by atoms with van der Waals surface area (Å²) in [7, 11) is -3.28. The second-order valence-corrected chi connectivity index (χ2v) is 8.15. The van der Waals surface area contributed by atoms with Crippen molar-refractivity contribution >= 4 is 56.3 Å². The summed E-state index contributed by atoms with van der Waals surface area (Å²) < 4.78 is 29.5. The lowest BCUT2D eigenvalue weighted by Crippen LogP contribution is -2.03. The molecule has 0 aliphatic heterocycles. The number of oxazole rings is 1. The fourth-order valence-corrected chi connectivity index (χ4v) is 3.60. The van der Waals surface area contributed by atoms with Gasteiger partial charge in [0.25, 0.3) is 0 Å². The topological polar surface area (TPSA) is 60.2 Å². The quantitative estimate of drug-likeness (QED) is 0.630. The summed E-state index contributed by atoms with van der Waals surface area (Å²) in [6, 6.07) is 9.87. The zero-order valence-electron chi connectivity index (χ0n) is 12.7. The molecule has 0 aliphatic carbocycles. The second-order valence-electron chi connectivity index (χ2n) is 5.05. The molecule has 0 N–H and O–H groups in total. The average Bonchev–Trinajstić information content (AvgIpc) is 2.96. The van der Waals surface area contributed by atoms with Gasteiger partial charge in [0.2, 0.25) is 5.89 Å². The second kappa shape index (κ2) is 6.59. The molecule has 0 saturated heterocycles. The van der Waals surface area contributed by atoms with Crippen molar-refractivity contribution in [3.63, 3.8) is 0 Å². The maximum Gasteiger partial charge on any atom is 0.220 e. The fourth-order valence-electron chi connectivity index (χ4n) is 2.18. The molecule has 0 bridgehead atoms. The lowest BCUT2D eigenvalue weighted by molar-refractivity contribution is 0.589. The highest BCUT2D eigenvalue weighted by atomic mass is 35.5. The Kier molecular flexibility index (Phi) is 4.67. The molecule has 0 spiro atoms. The summed E-state index contributed by atoms with van der Waals surface area (Å²) in [6.07, 6.45) is 3.35. The predicted octanol–water partition coefficient (Wildman–Crippen LogP) is 5.10. The maximum absolute atomic E-state index is 11.9. The number of hydrogen-bond donors (Lipinski definition) is 0. The van der Waals surface area contributed by atoms with Gasteiger partial charge in [0.1, 0.15) is 5.52 Å². The van der Waals surface area contributed by atoms with Crippen LogP contribution in [-0.4, -0.2) is 19.2 Å². The van der Waals surface area contributed by atoms with E-state index in [0.29, 0.717) is 32.6 Å². The van der Waals surface area contributed by atoms with Gasteiger partial charge in [0.05, 0.1) is 10.6 Å². The number of halogens is 2. The molecule has 1 heterocycles. The van der Waals surface area contributed by atoms with Gasteiger partial charge in [0, 0.05) is 21.7 Å². The number of sulfone groups is 1.